The monoisotopic (exact) mass is 282 g/mol. The second-order valence-electron chi connectivity index (χ2n) is 5.49. The van der Waals surface area contributed by atoms with E-state index >= 15 is 0 Å². The van der Waals surface area contributed by atoms with Crippen LogP contribution in [0.3, 0.4) is 0 Å². The van der Waals surface area contributed by atoms with Gasteiger partial charge in [-0.3, -0.25) is 4.79 Å². The molecule has 2 fully saturated rings. The average molecular weight is 282 g/mol. The standard InChI is InChI=1S/C13H15FN2O4/c1-7-9(20-10(15-7)8-2-3-8)11(17)16-5-4-13(14,6-16)12(18)19/h8H,2-6H2,1H3,(H,18,19). The molecule has 0 radical (unpaired) electrons. The number of aliphatic carboxylic acids is 1. The van der Waals surface area contributed by atoms with Crippen LogP contribution in [0.1, 0.15) is 47.3 Å². The normalized spacial score (nSPS) is 26.0. The number of alkyl halides is 1. The average Bonchev–Trinajstić information content (AvgIpc) is 3.06. The lowest BCUT2D eigenvalue weighted by Crippen LogP contribution is -2.39. The Hall–Kier alpha value is -1.92. The number of carboxylic acids is 1. The van der Waals surface area contributed by atoms with E-state index in [-0.39, 0.29) is 24.6 Å². The Bertz CT molecular complexity index is 581. The molecule has 1 saturated carbocycles. The maximum Gasteiger partial charge on any atom is 0.343 e. The molecular formula is C13H15FN2O4. The van der Waals surface area contributed by atoms with Crippen LogP contribution in [0, 0.1) is 6.92 Å². The number of carboxylic acid groups (broad SMARTS) is 1. The van der Waals surface area contributed by atoms with E-state index in [1.165, 1.54) is 4.90 Å². The SMILES string of the molecule is Cc1nc(C2CC2)oc1C(=O)N1CCC(F)(C(=O)O)C1. The number of aromatic nitrogens is 1. The molecule has 1 aliphatic heterocycles. The lowest BCUT2D eigenvalue weighted by Gasteiger charge is -2.16. The molecule has 1 unspecified atom stereocenters. The van der Waals surface area contributed by atoms with E-state index in [1.807, 2.05) is 0 Å². The van der Waals surface area contributed by atoms with E-state index in [1.54, 1.807) is 6.92 Å². The third kappa shape index (κ3) is 2.07. The van der Waals surface area contributed by atoms with Gasteiger partial charge < -0.3 is 14.4 Å². The Kier molecular flexibility index (Phi) is 2.81. The summed E-state index contributed by atoms with van der Waals surface area (Å²) in [5.41, 5.74) is -1.88. The number of rotatable bonds is 3. The second-order valence-corrected chi connectivity index (χ2v) is 5.49. The quantitative estimate of drug-likeness (QED) is 0.908. The molecule has 1 N–H and O–H groups in total. The molecule has 3 rings (SSSR count). The number of carbonyl (C=O) groups is 2. The molecule has 6 nitrogen and oxygen atoms in total. The number of hydrogen-bond donors (Lipinski definition) is 1. The van der Waals surface area contributed by atoms with Gasteiger partial charge in [-0.1, -0.05) is 0 Å². The molecule has 1 amide bonds. The fourth-order valence-electron chi connectivity index (χ4n) is 2.38. The van der Waals surface area contributed by atoms with Gasteiger partial charge in [0.25, 0.3) is 5.91 Å². The lowest BCUT2D eigenvalue weighted by atomic mass is 10.1. The molecule has 1 aliphatic carbocycles. The van der Waals surface area contributed by atoms with E-state index in [2.05, 4.69) is 4.98 Å². The van der Waals surface area contributed by atoms with Crippen LogP contribution in [0.4, 0.5) is 4.39 Å². The molecule has 1 aromatic heterocycles. The van der Waals surface area contributed by atoms with Gasteiger partial charge in [0.2, 0.25) is 11.4 Å². The third-order valence-electron chi connectivity index (χ3n) is 3.82. The fourth-order valence-corrected chi connectivity index (χ4v) is 2.38. The van der Waals surface area contributed by atoms with Crippen molar-refractivity contribution in [2.45, 2.75) is 37.8 Å². The zero-order valence-electron chi connectivity index (χ0n) is 11.1. The number of aryl methyl sites for hydroxylation is 1. The summed E-state index contributed by atoms with van der Waals surface area (Å²) in [4.78, 5) is 28.5. The number of oxazole rings is 1. The van der Waals surface area contributed by atoms with Gasteiger partial charge in [0.05, 0.1) is 12.2 Å². The summed E-state index contributed by atoms with van der Waals surface area (Å²) < 4.78 is 19.4. The van der Waals surface area contributed by atoms with E-state index in [9.17, 15) is 14.0 Å². The zero-order valence-corrected chi connectivity index (χ0v) is 11.1. The van der Waals surface area contributed by atoms with Gasteiger partial charge in [-0.2, -0.15) is 0 Å². The minimum Gasteiger partial charge on any atom is -0.479 e. The molecule has 1 aromatic rings. The van der Waals surface area contributed by atoms with Crippen molar-refractivity contribution in [2.24, 2.45) is 0 Å². The molecule has 20 heavy (non-hydrogen) atoms. The first-order valence-corrected chi connectivity index (χ1v) is 6.59. The Balaban J connectivity index is 1.78. The maximum atomic E-state index is 14.0. The van der Waals surface area contributed by atoms with Crippen LogP contribution in [0.15, 0.2) is 4.42 Å². The van der Waals surface area contributed by atoms with Crippen LogP contribution in [0.5, 0.6) is 0 Å². The smallest absolute Gasteiger partial charge is 0.343 e. The van der Waals surface area contributed by atoms with Gasteiger partial charge in [-0.05, 0) is 19.8 Å². The number of hydrogen-bond acceptors (Lipinski definition) is 4. The highest BCUT2D eigenvalue weighted by Crippen LogP contribution is 2.40. The minimum absolute atomic E-state index is 0.0700. The van der Waals surface area contributed by atoms with Crippen molar-refractivity contribution < 1.29 is 23.5 Å². The number of nitrogens with zero attached hydrogens (tertiary/aromatic N) is 2. The van der Waals surface area contributed by atoms with E-state index in [0.717, 1.165) is 12.8 Å². The molecule has 1 saturated heterocycles. The molecule has 2 heterocycles. The van der Waals surface area contributed by atoms with E-state index in [4.69, 9.17) is 9.52 Å². The summed E-state index contributed by atoms with van der Waals surface area (Å²) in [6.07, 6.45) is 1.81. The van der Waals surface area contributed by atoms with E-state index in [0.29, 0.717) is 11.6 Å². The number of amides is 1. The Morgan fingerprint density at radius 2 is 2.20 bits per heavy atom. The van der Waals surface area contributed by atoms with Crippen LogP contribution >= 0.6 is 0 Å². The van der Waals surface area contributed by atoms with Gasteiger partial charge in [-0.25, -0.2) is 14.2 Å². The molecule has 108 valence electrons. The summed E-state index contributed by atoms with van der Waals surface area (Å²) in [6, 6.07) is 0. The van der Waals surface area contributed by atoms with Crippen LogP contribution in [0.25, 0.3) is 0 Å². The topological polar surface area (TPSA) is 83.6 Å². The molecule has 1 atom stereocenters. The third-order valence-corrected chi connectivity index (χ3v) is 3.82. The summed E-state index contributed by atoms with van der Waals surface area (Å²) in [7, 11) is 0. The maximum absolute atomic E-state index is 14.0. The number of carbonyl (C=O) groups excluding carboxylic acids is 1. The number of halogens is 1. The van der Waals surface area contributed by atoms with Gasteiger partial charge in [0.1, 0.15) is 0 Å². The van der Waals surface area contributed by atoms with Crippen LogP contribution in [-0.4, -0.2) is 45.6 Å². The van der Waals surface area contributed by atoms with Crippen molar-refractivity contribution in [3.8, 4) is 0 Å². The van der Waals surface area contributed by atoms with Gasteiger partial charge in [0, 0.05) is 18.9 Å². The van der Waals surface area contributed by atoms with Gasteiger partial charge >= 0.3 is 5.97 Å². The van der Waals surface area contributed by atoms with Crippen LogP contribution in [-0.2, 0) is 4.79 Å². The summed E-state index contributed by atoms with van der Waals surface area (Å²) in [6.45, 7) is 1.29. The highest BCUT2D eigenvalue weighted by atomic mass is 19.1. The molecule has 0 bridgehead atoms. The number of likely N-dealkylation sites (tertiary alicyclic amines) is 1. The summed E-state index contributed by atoms with van der Waals surface area (Å²) >= 11 is 0. The van der Waals surface area contributed by atoms with Crippen LogP contribution < -0.4 is 0 Å². The first kappa shape index (κ1) is 13.1. The molecule has 0 spiro atoms. The van der Waals surface area contributed by atoms with Crippen molar-refractivity contribution in [1.29, 1.82) is 0 Å². The fraction of sp³-hybridized carbons (Fsp3) is 0.615. The summed E-state index contributed by atoms with van der Waals surface area (Å²) in [5, 5.41) is 8.83. The molecular weight excluding hydrogens is 267 g/mol. The predicted octanol–water partition coefficient (Wildman–Crippen LogP) is 1.50. The van der Waals surface area contributed by atoms with Crippen molar-refractivity contribution in [1.82, 2.24) is 9.88 Å². The van der Waals surface area contributed by atoms with Crippen molar-refractivity contribution in [3.05, 3.63) is 17.3 Å². The highest BCUT2D eigenvalue weighted by Gasteiger charge is 2.47. The Morgan fingerprint density at radius 1 is 1.50 bits per heavy atom. The van der Waals surface area contributed by atoms with Crippen molar-refractivity contribution >= 4 is 11.9 Å². The molecule has 2 aliphatic rings. The minimum atomic E-state index is -2.36. The largest absolute Gasteiger partial charge is 0.479 e. The van der Waals surface area contributed by atoms with Gasteiger partial charge in [0.15, 0.2) is 5.89 Å². The first-order chi connectivity index (χ1) is 9.40. The van der Waals surface area contributed by atoms with Gasteiger partial charge in [-0.15, -0.1) is 0 Å². The second kappa shape index (κ2) is 4.29. The highest BCUT2D eigenvalue weighted by molar-refractivity contribution is 5.93. The Morgan fingerprint density at radius 3 is 2.75 bits per heavy atom. The van der Waals surface area contributed by atoms with Crippen LogP contribution in [0.2, 0.25) is 0 Å². The first-order valence-electron chi connectivity index (χ1n) is 6.59. The Labute approximate surface area is 114 Å². The summed E-state index contributed by atoms with van der Waals surface area (Å²) in [5.74, 6) is -1.08. The van der Waals surface area contributed by atoms with Crippen molar-refractivity contribution in [2.75, 3.05) is 13.1 Å². The lowest BCUT2D eigenvalue weighted by molar-refractivity contribution is -0.149. The van der Waals surface area contributed by atoms with Crippen molar-refractivity contribution in [3.63, 3.8) is 0 Å². The van der Waals surface area contributed by atoms with E-state index < -0.39 is 24.1 Å². The predicted molar refractivity (Wildman–Crippen MR) is 65.2 cm³/mol. The molecule has 7 heteroatoms. The molecule has 0 aromatic carbocycles. The zero-order chi connectivity index (χ0) is 14.5.